The van der Waals surface area contributed by atoms with E-state index in [-0.39, 0.29) is 25.1 Å². The van der Waals surface area contributed by atoms with Gasteiger partial charge in [-0.25, -0.2) is 0 Å². The molecule has 1 rings (SSSR count). The fourth-order valence-electron chi connectivity index (χ4n) is 1.89. The molecule has 1 heterocycles. The van der Waals surface area contributed by atoms with E-state index < -0.39 is 12.2 Å². The molecule has 0 aromatic carbocycles. The van der Waals surface area contributed by atoms with Crippen molar-refractivity contribution in [3.63, 3.8) is 0 Å². The third-order valence-corrected chi connectivity index (χ3v) is 2.68. The monoisotopic (exact) mass is 220 g/mol. The Labute approximate surface area is 90.3 Å². The van der Waals surface area contributed by atoms with E-state index in [0.29, 0.717) is 0 Å². The molecule has 0 bridgehead atoms. The van der Waals surface area contributed by atoms with Crippen LogP contribution in [0.5, 0.6) is 0 Å². The van der Waals surface area contributed by atoms with Gasteiger partial charge in [-0.1, -0.05) is 0 Å². The van der Waals surface area contributed by atoms with E-state index in [1.54, 1.807) is 14.2 Å². The predicted octanol–water partition coefficient (Wildman–Crippen LogP) is 0.159. The molecule has 0 spiro atoms. The molecule has 0 aromatic heterocycles. The van der Waals surface area contributed by atoms with Crippen molar-refractivity contribution in [2.75, 3.05) is 21.0 Å². The SMILES string of the molecule is COCO[C@@H]1[C@@H](O)[C@H](C)OC(C)[C@@H]1OC. The van der Waals surface area contributed by atoms with Gasteiger partial charge in [-0.2, -0.15) is 0 Å². The highest BCUT2D eigenvalue weighted by molar-refractivity contribution is 4.90. The number of hydrogen-bond acceptors (Lipinski definition) is 5. The Hall–Kier alpha value is -0.200. The van der Waals surface area contributed by atoms with Crippen molar-refractivity contribution < 1.29 is 24.1 Å². The molecule has 1 saturated heterocycles. The number of aliphatic hydroxyl groups is 1. The highest BCUT2D eigenvalue weighted by atomic mass is 16.7. The van der Waals surface area contributed by atoms with Gasteiger partial charge in [0.25, 0.3) is 0 Å². The first-order chi connectivity index (χ1) is 7.11. The van der Waals surface area contributed by atoms with Gasteiger partial charge >= 0.3 is 0 Å². The normalized spacial score (nSPS) is 41.8. The van der Waals surface area contributed by atoms with Crippen LogP contribution in [0.25, 0.3) is 0 Å². The zero-order valence-corrected chi connectivity index (χ0v) is 9.67. The quantitative estimate of drug-likeness (QED) is 0.684. The molecule has 5 heteroatoms. The Morgan fingerprint density at radius 2 is 1.80 bits per heavy atom. The molecule has 1 aliphatic rings. The summed E-state index contributed by atoms with van der Waals surface area (Å²) in [6, 6.07) is 0. The maximum absolute atomic E-state index is 9.90. The Morgan fingerprint density at radius 3 is 2.33 bits per heavy atom. The zero-order valence-electron chi connectivity index (χ0n) is 9.67. The zero-order chi connectivity index (χ0) is 11.4. The molecule has 1 unspecified atom stereocenters. The minimum atomic E-state index is -0.693. The van der Waals surface area contributed by atoms with Crippen molar-refractivity contribution in [2.45, 2.75) is 44.4 Å². The van der Waals surface area contributed by atoms with Crippen LogP contribution in [-0.4, -0.2) is 56.6 Å². The lowest BCUT2D eigenvalue weighted by molar-refractivity contribution is -0.248. The van der Waals surface area contributed by atoms with Crippen LogP contribution in [0.3, 0.4) is 0 Å². The summed E-state index contributed by atoms with van der Waals surface area (Å²) in [4.78, 5) is 0. The highest BCUT2D eigenvalue weighted by Crippen LogP contribution is 2.24. The van der Waals surface area contributed by atoms with Gasteiger partial charge in [-0.15, -0.1) is 0 Å². The minimum absolute atomic E-state index is 0.102. The van der Waals surface area contributed by atoms with Gasteiger partial charge < -0.3 is 24.1 Å². The summed E-state index contributed by atoms with van der Waals surface area (Å²) < 4.78 is 21.0. The lowest BCUT2D eigenvalue weighted by atomic mass is 9.96. The van der Waals surface area contributed by atoms with Crippen LogP contribution in [0.1, 0.15) is 13.8 Å². The molecule has 5 nitrogen and oxygen atoms in total. The van der Waals surface area contributed by atoms with E-state index in [1.165, 1.54) is 0 Å². The van der Waals surface area contributed by atoms with Gasteiger partial charge in [-0.3, -0.25) is 0 Å². The van der Waals surface area contributed by atoms with Gasteiger partial charge in [0.1, 0.15) is 25.1 Å². The number of ether oxygens (including phenoxy) is 4. The molecule has 0 aliphatic carbocycles. The molecular formula is C10H20O5. The maximum Gasteiger partial charge on any atom is 0.146 e. The Kier molecular flexibility index (Phi) is 4.95. The predicted molar refractivity (Wildman–Crippen MR) is 53.6 cm³/mol. The van der Waals surface area contributed by atoms with Crippen molar-refractivity contribution in [3.05, 3.63) is 0 Å². The van der Waals surface area contributed by atoms with E-state index in [2.05, 4.69) is 0 Å². The van der Waals surface area contributed by atoms with Crippen LogP contribution in [0.15, 0.2) is 0 Å². The third-order valence-electron chi connectivity index (χ3n) is 2.68. The minimum Gasteiger partial charge on any atom is -0.388 e. The summed E-state index contributed by atoms with van der Waals surface area (Å²) in [7, 11) is 3.12. The van der Waals surface area contributed by atoms with Crippen molar-refractivity contribution >= 4 is 0 Å². The number of rotatable bonds is 4. The van der Waals surface area contributed by atoms with E-state index in [4.69, 9.17) is 18.9 Å². The summed E-state index contributed by atoms with van der Waals surface area (Å²) >= 11 is 0. The average molecular weight is 220 g/mol. The topological polar surface area (TPSA) is 57.2 Å². The summed E-state index contributed by atoms with van der Waals surface area (Å²) in [6.45, 7) is 3.86. The standard InChI is InChI=1S/C10H20O5/c1-6-8(11)10(14-5-12-3)9(13-4)7(2)15-6/h6-11H,5H2,1-4H3/t6-,7?,8-,9-,10+/m0/s1. The van der Waals surface area contributed by atoms with Gasteiger partial charge in [0.15, 0.2) is 0 Å². The van der Waals surface area contributed by atoms with Crippen molar-refractivity contribution in [1.29, 1.82) is 0 Å². The molecule has 15 heavy (non-hydrogen) atoms. The van der Waals surface area contributed by atoms with Crippen molar-refractivity contribution in [2.24, 2.45) is 0 Å². The molecule has 1 aliphatic heterocycles. The third kappa shape index (κ3) is 2.89. The van der Waals surface area contributed by atoms with Crippen LogP contribution < -0.4 is 0 Å². The molecule has 0 radical (unpaired) electrons. The summed E-state index contributed by atoms with van der Waals surface area (Å²) in [5, 5.41) is 9.90. The van der Waals surface area contributed by atoms with Crippen LogP contribution >= 0.6 is 0 Å². The van der Waals surface area contributed by atoms with Gasteiger partial charge in [-0.05, 0) is 13.8 Å². The molecule has 90 valence electrons. The average Bonchev–Trinajstić information content (AvgIpc) is 2.21. The van der Waals surface area contributed by atoms with Gasteiger partial charge in [0, 0.05) is 14.2 Å². The van der Waals surface area contributed by atoms with Crippen LogP contribution in [0.2, 0.25) is 0 Å². The first kappa shape index (κ1) is 12.9. The largest absolute Gasteiger partial charge is 0.388 e. The van der Waals surface area contributed by atoms with Crippen molar-refractivity contribution in [1.82, 2.24) is 0 Å². The van der Waals surface area contributed by atoms with Crippen LogP contribution in [-0.2, 0) is 18.9 Å². The van der Waals surface area contributed by atoms with Crippen LogP contribution in [0.4, 0.5) is 0 Å². The van der Waals surface area contributed by atoms with Crippen LogP contribution in [0, 0.1) is 0 Å². The molecular weight excluding hydrogens is 200 g/mol. The second-order valence-electron chi connectivity index (χ2n) is 3.78. The molecule has 1 fully saturated rings. The fourth-order valence-corrected chi connectivity index (χ4v) is 1.89. The maximum atomic E-state index is 9.90. The molecule has 0 aromatic rings. The molecule has 1 N–H and O–H groups in total. The Balaban J connectivity index is 2.65. The Morgan fingerprint density at radius 1 is 1.13 bits per heavy atom. The van der Waals surface area contributed by atoms with Gasteiger partial charge in [0.2, 0.25) is 0 Å². The number of hydrogen-bond donors (Lipinski definition) is 1. The lowest BCUT2D eigenvalue weighted by Gasteiger charge is -2.41. The van der Waals surface area contributed by atoms with Gasteiger partial charge in [0.05, 0.1) is 12.2 Å². The van der Waals surface area contributed by atoms with E-state index in [1.807, 2.05) is 13.8 Å². The summed E-state index contributed by atoms with van der Waals surface area (Å²) in [6.07, 6.45) is -1.73. The first-order valence-electron chi connectivity index (χ1n) is 5.08. The number of methoxy groups -OCH3 is 2. The second kappa shape index (κ2) is 5.77. The Bertz CT molecular complexity index is 187. The highest BCUT2D eigenvalue weighted by Gasteiger charge is 2.42. The van der Waals surface area contributed by atoms with E-state index in [9.17, 15) is 5.11 Å². The van der Waals surface area contributed by atoms with E-state index in [0.717, 1.165) is 0 Å². The second-order valence-corrected chi connectivity index (χ2v) is 3.78. The molecule has 5 atom stereocenters. The lowest BCUT2D eigenvalue weighted by Crippen LogP contribution is -2.57. The number of aliphatic hydroxyl groups excluding tert-OH is 1. The smallest absolute Gasteiger partial charge is 0.146 e. The summed E-state index contributed by atoms with van der Waals surface area (Å²) in [5.74, 6) is 0. The van der Waals surface area contributed by atoms with E-state index >= 15 is 0 Å². The fraction of sp³-hybridized carbons (Fsp3) is 1.00. The molecule has 0 amide bonds. The molecule has 0 saturated carbocycles. The summed E-state index contributed by atoms with van der Waals surface area (Å²) in [5.41, 5.74) is 0. The first-order valence-corrected chi connectivity index (χ1v) is 5.08. The van der Waals surface area contributed by atoms with Crippen molar-refractivity contribution in [3.8, 4) is 0 Å².